The first kappa shape index (κ1) is 16.2. The van der Waals surface area contributed by atoms with Crippen LogP contribution >= 0.6 is 11.6 Å². The summed E-state index contributed by atoms with van der Waals surface area (Å²) in [4.78, 5) is 11.1. The minimum absolute atomic E-state index is 0.162. The van der Waals surface area contributed by atoms with E-state index in [4.69, 9.17) is 22.1 Å². The first-order valence-corrected chi connectivity index (χ1v) is 6.53. The molecule has 116 valence electrons. The molecule has 22 heavy (non-hydrogen) atoms. The summed E-state index contributed by atoms with van der Waals surface area (Å²) in [5.41, 5.74) is 4.78. The molecule has 0 aliphatic rings. The van der Waals surface area contributed by atoms with Crippen LogP contribution in [0.2, 0.25) is 5.02 Å². The molecule has 0 aromatic heterocycles. The monoisotopic (exact) mass is 329 g/mol. The second-order valence-corrected chi connectivity index (χ2v) is 4.89. The van der Waals surface area contributed by atoms with Gasteiger partial charge in [-0.1, -0.05) is 17.7 Å². The maximum Gasteiger partial charge on any atom is 0.416 e. The minimum atomic E-state index is -4.45. The third-order valence-electron chi connectivity index (χ3n) is 2.89. The molecule has 0 bridgehead atoms. The van der Waals surface area contributed by atoms with Crippen LogP contribution in [0.3, 0.4) is 0 Å². The summed E-state index contributed by atoms with van der Waals surface area (Å²) in [6.45, 7) is -0.162. The zero-order chi connectivity index (χ0) is 16.3. The summed E-state index contributed by atoms with van der Waals surface area (Å²) in [6.07, 6.45) is -4.45. The average molecular weight is 330 g/mol. The number of benzene rings is 2. The van der Waals surface area contributed by atoms with Crippen LogP contribution < -0.4 is 10.5 Å². The van der Waals surface area contributed by atoms with Crippen LogP contribution in [-0.4, -0.2) is 5.91 Å². The Morgan fingerprint density at radius 2 is 1.91 bits per heavy atom. The van der Waals surface area contributed by atoms with Gasteiger partial charge in [-0.2, -0.15) is 13.2 Å². The molecule has 2 rings (SSSR count). The number of primary amides is 1. The van der Waals surface area contributed by atoms with Gasteiger partial charge in [0.05, 0.1) is 5.56 Å². The van der Waals surface area contributed by atoms with Gasteiger partial charge in [-0.05, 0) is 36.4 Å². The van der Waals surface area contributed by atoms with Crippen LogP contribution in [0.1, 0.15) is 21.5 Å². The highest BCUT2D eigenvalue weighted by molar-refractivity contribution is 6.31. The molecular weight excluding hydrogens is 319 g/mol. The smallest absolute Gasteiger partial charge is 0.416 e. The second-order valence-electron chi connectivity index (χ2n) is 4.48. The minimum Gasteiger partial charge on any atom is -0.489 e. The second kappa shape index (κ2) is 6.27. The molecule has 0 saturated heterocycles. The average Bonchev–Trinajstić information content (AvgIpc) is 2.45. The Morgan fingerprint density at radius 1 is 1.18 bits per heavy atom. The predicted molar refractivity (Wildman–Crippen MR) is 75.7 cm³/mol. The maximum atomic E-state index is 12.7. The first-order valence-electron chi connectivity index (χ1n) is 6.15. The summed E-state index contributed by atoms with van der Waals surface area (Å²) in [5, 5.41) is 0.166. The molecule has 0 atom stereocenters. The lowest BCUT2D eigenvalue weighted by atomic mass is 10.1. The van der Waals surface area contributed by atoms with Gasteiger partial charge in [0.2, 0.25) is 5.91 Å². The van der Waals surface area contributed by atoms with Crippen molar-refractivity contribution in [2.75, 3.05) is 0 Å². The Bertz CT molecular complexity index is 701. The third kappa shape index (κ3) is 3.92. The molecule has 1 amide bonds. The Kier molecular flexibility index (Phi) is 4.61. The van der Waals surface area contributed by atoms with Crippen molar-refractivity contribution in [3.63, 3.8) is 0 Å². The van der Waals surface area contributed by atoms with Gasteiger partial charge >= 0.3 is 6.18 Å². The molecule has 0 aliphatic carbocycles. The number of amides is 1. The number of halogens is 4. The first-order chi connectivity index (χ1) is 10.3. The van der Waals surface area contributed by atoms with E-state index in [0.29, 0.717) is 5.75 Å². The lowest BCUT2D eigenvalue weighted by Crippen LogP contribution is -2.11. The van der Waals surface area contributed by atoms with Crippen molar-refractivity contribution in [1.29, 1.82) is 0 Å². The molecular formula is C15H11ClF3NO2. The Morgan fingerprint density at radius 3 is 2.55 bits per heavy atom. The number of rotatable bonds is 4. The van der Waals surface area contributed by atoms with E-state index >= 15 is 0 Å². The van der Waals surface area contributed by atoms with Gasteiger partial charge in [0.25, 0.3) is 0 Å². The summed E-state index contributed by atoms with van der Waals surface area (Å²) >= 11 is 5.87. The van der Waals surface area contributed by atoms with Gasteiger partial charge in [-0.3, -0.25) is 4.79 Å². The third-order valence-corrected chi connectivity index (χ3v) is 3.25. The Labute approximate surface area is 129 Å². The van der Waals surface area contributed by atoms with Crippen LogP contribution in [0, 0.1) is 0 Å². The van der Waals surface area contributed by atoms with Gasteiger partial charge in [-0.15, -0.1) is 0 Å². The molecule has 0 aliphatic heterocycles. The molecule has 0 spiro atoms. The number of ether oxygens (including phenoxy) is 1. The number of carbonyl (C=O) groups is 1. The van der Waals surface area contributed by atoms with Crippen LogP contribution in [0.4, 0.5) is 13.2 Å². The van der Waals surface area contributed by atoms with Crippen molar-refractivity contribution in [3.8, 4) is 5.75 Å². The van der Waals surface area contributed by atoms with E-state index < -0.39 is 17.6 Å². The predicted octanol–water partition coefficient (Wildman–Crippen LogP) is 4.04. The molecule has 3 nitrogen and oxygen atoms in total. The van der Waals surface area contributed by atoms with Crippen molar-refractivity contribution in [1.82, 2.24) is 0 Å². The molecule has 2 aromatic carbocycles. The topological polar surface area (TPSA) is 52.3 Å². The molecule has 0 unspecified atom stereocenters. The largest absolute Gasteiger partial charge is 0.489 e. The van der Waals surface area contributed by atoms with E-state index in [9.17, 15) is 18.0 Å². The van der Waals surface area contributed by atoms with E-state index in [2.05, 4.69) is 0 Å². The van der Waals surface area contributed by atoms with Gasteiger partial charge in [0, 0.05) is 16.1 Å². The van der Waals surface area contributed by atoms with Crippen LogP contribution in [-0.2, 0) is 12.8 Å². The lowest BCUT2D eigenvalue weighted by molar-refractivity contribution is -0.137. The fourth-order valence-corrected chi connectivity index (χ4v) is 1.93. The van der Waals surface area contributed by atoms with Crippen LogP contribution in [0.5, 0.6) is 5.75 Å². The standard InChI is InChI=1S/C15H11ClF3NO2/c16-13-5-4-11(15(17,18)19)6-10(13)8-22-12-3-1-2-9(7-12)14(20)21/h1-7H,8H2,(H2,20,21). The fourth-order valence-electron chi connectivity index (χ4n) is 1.76. The molecule has 0 saturated carbocycles. The van der Waals surface area contributed by atoms with E-state index in [1.807, 2.05) is 0 Å². The Hall–Kier alpha value is -2.21. The molecule has 0 radical (unpaired) electrons. The fraction of sp³-hybridized carbons (Fsp3) is 0.133. The number of hydrogen-bond acceptors (Lipinski definition) is 2. The molecule has 0 heterocycles. The quantitative estimate of drug-likeness (QED) is 0.920. The number of nitrogens with two attached hydrogens (primary N) is 1. The summed E-state index contributed by atoms with van der Waals surface area (Å²) in [5.74, 6) is -0.313. The number of hydrogen-bond donors (Lipinski definition) is 1. The van der Waals surface area contributed by atoms with Crippen LogP contribution in [0.15, 0.2) is 42.5 Å². The highest BCUT2D eigenvalue weighted by Crippen LogP contribution is 2.32. The van der Waals surface area contributed by atoms with Gasteiger partial charge in [-0.25, -0.2) is 0 Å². The molecule has 7 heteroatoms. The summed E-state index contributed by atoms with van der Waals surface area (Å²) < 4.78 is 43.4. The highest BCUT2D eigenvalue weighted by Gasteiger charge is 2.30. The zero-order valence-electron chi connectivity index (χ0n) is 11.2. The summed E-state index contributed by atoms with van der Waals surface area (Å²) in [7, 11) is 0. The SMILES string of the molecule is NC(=O)c1cccc(OCc2cc(C(F)(F)F)ccc2Cl)c1. The number of carbonyl (C=O) groups excluding carboxylic acids is 1. The molecule has 2 aromatic rings. The van der Waals surface area contributed by atoms with E-state index in [1.165, 1.54) is 18.2 Å². The highest BCUT2D eigenvalue weighted by atomic mass is 35.5. The number of alkyl halides is 3. The summed E-state index contributed by atoms with van der Waals surface area (Å²) in [6, 6.07) is 9.04. The van der Waals surface area contributed by atoms with Gasteiger partial charge in [0.15, 0.2) is 0 Å². The van der Waals surface area contributed by atoms with Crippen LogP contribution in [0.25, 0.3) is 0 Å². The van der Waals surface area contributed by atoms with E-state index in [-0.39, 0.29) is 22.8 Å². The van der Waals surface area contributed by atoms with Crippen molar-refractivity contribution < 1.29 is 22.7 Å². The zero-order valence-corrected chi connectivity index (χ0v) is 11.9. The van der Waals surface area contributed by atoms with E-state index in [1.54, 1.807) is 12.1 Å². The lowest BCUT2D eigenvalue weighted by Gasteiger charge is -2.12. The van der Waals surface area contributed by atoms with Crippen molar-refractivity contribution in [3.05, 3.63) is 64.2 Å². The van der Waals surface area contributed by atoms with Crippen molar-refractivity contribution in [2.45, 2.75) is 12.8 Å². The normalized spacial score (nSPS) is 11.3. The van der Waals surface area contributed by atoms with E-state index in [0.717, 1.165) is 12.1 Å². The molecule has 2 N–H and O–H groups in total. The maximum absolute atomic E-state index is 12.7. The van der Waals surface area contributed by atoms with Crippen molar-refractivity contribution in [2.24, 2.45) is 5.73 Å². The Balaban J connectivity index is 2.18. The van der Waals surface area contributed by atoms with Gasteiger partial charge in [0.1, 0.15) is 12.4 Å². The van der Waals surface area contributed by atoms with Gasteiger partial charge < -0.3 is 10.5 Å². The molecule has 0 fully saturated rings. The van der Waals surface area contributed by atoms with Crippen molar-refractivity contribution >= 4 is 17.5 Å².